The maximum atomic E-state index is 11.6. The molecule has 0 atom stereocenters. The molecule has 0 aliphatic heterocycles. The number of likely N-dealkylation sites (N-methyl/N-ethyl adjacent to an activating group) is 1. The van der Waals surface area contributed by atoms with Crippen molar-refractivity contribution in [3.63, 3.8) is 0 Å². The lowest BCUT2D eigenvalue weighted by molar-refractivity contribution is 0.471. The number of sulfonamides is 1. The number of hydrogen-bond donors (Lipinski definition) is 1. The molecule has 0 saturated carbocycles. The van der Waals surface area contributed by atoms with Crippen LogP contribution in [0.25, 0.3) is 0 Å². The summed E-state index contributed by atoms with van der Waals surface area (Å²) in [5, 5.41) is 0. The highest BCUT2D eigenvalue weighted by molar-refractivity contribution is 7.89. The van der Waals surface area contributed by atoms with E-state index >= 15 is 0 Å². The summed E-state index contributed by atoms with van der Waals surface area (Å²) in [4.78, 5) is 4.13. The molecule has 1 heterocycles. The molecule has 0 unspecified atom stereocenters. The van der Waals surface area contributed by atoms with E-state index in [1.165, 1.54) is 4.31 Å². The van der Waals surface area contributed by atoms with Gasteiger partial charge < -0.3 is 5.73 Å². The fourth-order valence-electron chi connectivity index (χ4n) is 1.26. The van der Waals surface area contributed by atoms with Gasteiger partial charge in [0.05, 0.1) is 5.75 Å². The summed E-state index contributed by atoms with van der Waals surface area (Å²) >= 11 is 0. The summed E-state index contributed by atoms with van der Waals surface area (Å²) in [6.45, 7) is 0.579. The first kappa shape index (κ1) is 13.1. The van der Waals surface area contributed by atoms with Crippen molar-refractivity contribution in [2.45, 2.75) is 6.42 Å². The van der Waals surface area contributed by atoms with E-state index in [4.69, 9.17) is 5.73 Å². The topological polar surface area (TPSA) is 76.3 Å². The Kier molecular flexibility index (Phi) is 4.85. The van der Waals surface area contributed by atoms with Crippen molar-refractivity contribution in [1.82, 2.24) is 9.29 Å². The number of aromatic nitrogens is 1. The third-order valence-corrected chi connectivity index (χ3v) is 4.14. The van der Waals surface area contributed by atoms with Crippen LogP contribution in [0.3, 0.4) is 0 Å². The van der Waals surface area contributed by atoms with Crippen LogP contribution in [0.2, 0.25) is 0 Å². The Hall–Kier alpha value is -0.980. The van der Waals surface area contributed by atoms with Gasteiger partial charge in [-0.2, -0.15) is 0 Å². The van der Waals surface area contributed by atoms with E-state index in [0.717, 1.165) is 5.69 Å². The van der Waals surface area contributed by atoms with Crippen LogP contribution in [0.5, 0.6) is 0 Å². The predicted octanol–water partition coefficient (Wildman–Crippen LogP) is -0.156. The van der Waals surface area contributed by atoms with Crippen LogP contribution in [0.4, 0.5) is 0 Å². The van der Waals surface area contributed by atoms with E-state index in [2.05, 4.69) is 4.98 Å². The molecule has 6 heteroatoms. The minimum Gasteiger partial charge on any atom is -0.329 e. The van der Waals surface area contributed by atoms with Gasteiger partial charge in [0.25, 0.3) is 0 Å². The largest absolute Gasteiger partial charge is 0.329 e. The van der Waals surface area contributed by atoms with Gasteiger partial charge in [0.15, 0.2) is 0 Å². The van der Waals surface area contributed by atoms with Crippen molar-refractivity contribution in [1.29, 1.82) is 0 Å². The fraction of sp³-hybridized carbons (Fsp3) is 0.500. The Labute approximate surface area is 96.3 Å². The number of rotatable bonds is 6. The zero-order valence-corrected chi connectivity index (χ0v) is 10.2. The molecule has 1 aromatic rings. The minimum atomic E-state index is -3.20. The van der Waals surface area contributed by atoms with Gasteiger partial charge in [-0.25, -0.2) is 12.7 Å². The lowest BCUT2D eigenvalue weighted by atomic mass is 10.3. The van der Waals surface area contributed by atoms with Crippen molar-refractivity contribution < 1.29 is 8.42 Å². The van der Waals surface area contributed by atoms with Gasteiger partial charge >= 0.3 is 0 Å². The van der Waals surface area contributed by atoms with Gasteiger partial charge in [-0.3, -0.25) is 4.98 Å². The molecule has 0 spiro atoms. The van der Waals surface area contributed by atoms with Gasteiger partial charge in [-0.15, -0.1) is 0 Å². The van der Waals surface area contributed by atoms with Gasteiger partial charge in [0, 0.05) is 38.4 Å². The number of hydrogen-bond acceptors (Lipinski definition) is 4. The SMILES string of the molecule is CN(CCc1ccccn1)S(=O)(=O)CCN. The molecule has 1 aromatic heterocycles. The van der Waals surface area contributed by atoms with Crippen LogP contribution >= 0.6 is 0 Å². The first-order valence-electron chi connectivity index (χ1n) is 5.10. The summed E-state index contributed by atoms with van der Waals surface area (Å²) in [5.41, 5.74) is 6.13. The number of nitrogens with two attached hydrogens (primary N) is 1. The summed E-state index contributed by atoms with van der Waals surface area (Å²) in [5.74, 6) is -0.00822. The third-order valence-electron chi connectivity index (χ3n) is 2.26. The quantitative estimate of drug-likeness (QED) is 0.753. The molecule has 2 N–H and O–H groups in total. The monoisotopic (exact) mass is 243 g/mol. The van der Waals surface area contributed by atoms with Gasteiger partial charge in [0.2, 0.25) is 10.0 Å². The Morgan fingerprint density at radius 1 is 1.44 bits per heavy atom. The van der Waals surface area contributed by atoms with Crippen LogP contribution in [0.1, 0.15) is 5.69 Å². The Bertz CT molecular complexity index is 405. The van der Waals surface area contributed by atoms with Crippen LogP contribution in [-0.2, 0) is 16.4 Å². The van der Waals surface area contributed by atoms with E-state index in [1.54, 1.807) is 13.2 Å². The Morgan fingerprint density at radius 2 is 2.19 bits per heavy atom. The molecular weight excluding hydrogens is 226 g/mol. The van der Waals surface area contributed by atoms with Crippen molar-refractivity contribution in [3.05, 3.63) is 30.1 Å². The van der Waals surface area contributed by atoms with Gasteiger partial charge in [-0.05, 0) is 12.1 Å². The van der Waals surface area contributed by atoms with Crippen LogP contribution in [-0.4, -0.2) is 43.6 Å². The van der Waals surface area contributed by atoms with Crippen LogP contribution < -0.4 is 5.73 Å². The summed E-state index contributed by atoms with van der Waals surface area (Å²) in [7, 11) is -1.64. The molecule has 0 aliphatic rings. The Balaban J connectivity index is 2.50. The lowest BCUT2D eigenvalue weighted by Crippen LogP contribution is -2.33. The highest BCUT2D eigenvalue weighted by Gasteiger charge is 2.16. The molecule has 90 valence electrons. The molecule has 0 aliphatic carbocycles. The summed E-state index contributed by atoms with van der Waals surface area (Å²) in [6, 6.07) is 5.60. The fourth-order valence-corrected chi connectivity index (χ4v) is 2.24. The molecule has 0 bridgehead atoms. The molecule has 0 amide bonds. The van der Waals surface area contributed by atoms with E-state index in [9.17, 15) is 8.42 Å². The van der Waals surface area contributed by atoms with Crippen molar-refractivity contribution >= 4 is 10.0 Å². The first-order valence-corrected chi connectivity index (χ1v) is 6.71. The minimum absolute atomic E-state index is 0.00822. The number of nitrogens with zero attached hydrogens (tertiary/aromatic N) is 2. The first-order chi connectivity index (χ1) is 7.56. The second-order valence-corrected chi connectivity index (χ2v) is 5.69. The van der Waals surface area contributed by atoms with E-state index in [1.807, 2.05) is 18.2 Å². The maximum absolute atomic E-state index is 11.6. The standard InChI is InChI=1S/C10H17N3O2S/c1-13(16(14,15)9-6-11)8-5-10-4-2-3-7-12-10/h2-4,7H,5-6,8-9,11H2,1H3. The van der Waals surface area contributed by atoms with Crippen LogP contribution in [0.15, 0.2) is 24.4 Å². The average molecular weight is 243 g/mol. The van der Waals surface area contributed by atoms with Gasteiger partial charge in [0.1, 0.15) is 0 Å². The smallest absolute Gasteiger partial charge is 0.215 e. The molecule has 5 nitrogen and oxygen atoms in total. The van der Waals surface area contributed by atoms with Crippen molar-refractivity contribution in [2.24, 2.45) is 5.73 Å². The predicted molar refractivity (Wildman–Crippen MR) is 63.4 cm³/mol. The van der Waals surface area contributed by atoms with Gasteiger partial charge in [-0.1, -0.05) is 6.07 Å². The highest BCUT2D eigenvalue weighted by atomic mass is 32.2. The second-order valence-electron chi connectivity index (χ2n) is 3.50. The average Bonchev–Trinajstić information content (AvgIpc) is 2.27. The summed E-state index contributed by atoms with van der Waals surface area (Å²) in [6.07, 6.45) is 2.31. The van der Waals surface area contributed by atoms with Crippen molar-refractivity contribution in [3.8, 4) is 0 Å². The van der Waals surface area contributed by atoms with Crippen molar-refractivity contribution in [2.75, 3.05) is 25.9 Å². The molecule has 0 saturated heterocycles. The Morgan fingerprint density at radius 3 is 2.75 bits per heavy atom. The number of pyridine rings is 1. The van der Waals surface area contributed by atoms with Crippen LogP contribution in [0, 0.1) is 0 Å². The second kappa shape index (κ2) is 5.93. The molecule has 1 rings (SSSR count). The highest BCUT2D eigenvalue weighted by Crippen LogP contribution is 2.01. The third kappa shape index (κ3) is 3.88. The van der Waals surface area contributed by atoms with E-state index < -0.39 is 10.0 Å². The zero-order chi connectivity index (χ0) is 12.0. The molecule has 16 heavy (non-hydrogen) atoms. The molecular formula is C10H17N3O2S. The van der Waals surface area contributed by atoms with E-state index in [-0.39, 0.29) is 12.3 Å². The molecule has 0 radical (unpaired) electrons. The van der Waals surface area contributed by atoms with E-state index in [0.29, 0.717) is 13.0 Å². The molecule has 0 aromatic carbocycles. The maximum Gasteiger partial charge on any atom is 0.215 e. The summed E-state index contributed by atoms with van der Waals surface area (Å²) < 4.78 is 24.5. The lowest BCUT2D eigenvalue weighted by Gasteiger charge is -2.16. The normalized spacial score (nSPS) is 11.9. The zero-order valence-electron chi connectivity index (χ0n) is 9.33. The molecule has 0 fully saturated rings.